The van der Waals surface area contributed by atoms with Gasteiger partial charge < -0.3 is 10.2 Å². The molecule has 0 spiro atoms. The number of carbonyl (C=O) groups is 1. The van der Waals surface area contributed by atoms with Gasteiger partial charge in [-0.05, 0) is 43.9 Å². The van der Waals surface area contributed by atoms with Crippen molar-refractivity contribution in [1.29, 1.82) is 0 Å². The molecule has 2 saturated carbocycles. The maximum Gasteiger partial charge on any atom is 0.317 e. The number of fused-ring (bicyclic) bond motifs is 2. The van der Waals surface area contributed by atoms with Crippen LogP contribution in [0.3, 0.4) is 0 Å². The summed E-state index contributed by atoms with van der Waals surface area (Å²) in [4.78, 5) is 13.7. The van der Waals surface area contributed by atoms with Crippen LogP contribution in [0.4, 0.5) is 4.79 Å². The molecule has 0 saturated heterocycles. The fraction of sp³-hybridized carbons (Fsp3) is 0.933. The normalized spacial score (nSPS) is 29.4. The zero-order chi connectivity index (χ0) is 15.6. The minimum absolute atomic E-state index is 0.0293. The maximum atomic E-state index is 12.1. The van der Waals surface area contributed by atoms with Crippen LogP contribution in [0.5, 0.6) is 0 Å². The Morgan fingerprint density at radius 1 is 1.33 bits per heavy atom. The summed E-state index contributed by atoms with van der Waals surface area (Å²) in [7, 11) is -1.38. The fourth-order valence-corrected chi connectivity index (χ4v) is 4.96. The highest BCUT2D eigenvalue weighted by Crippen LogP contribution is 2.47. The first-order valence-corrected chi connectivity index (χ1v) is 9.85. The number of sulfone groups is 1. The first kappa shape index (κ1) is 16.6. The molecule has 4 atom stereocenters. The second kappa shape index (κ2) is 6.55. The third-order valence-corrected chi connectivity index (χ3v) is 7.19. The van der Waals surface area contributed by atoms with E-state index in [9.17, 15) is 13.2 Å². The quantitative estimate of drug-likeness (QED) is 0.814. The Hall–Kier alpha value is -0.780. The highest BCUT2D eigenvalue weighted by Gasteiger charge is 2.39. The van der Waals surface area contributed by atoms with E-state index in [1.807, 2.05) is 0 Å². The van der Waals surface area contributed by atoms with Crippen molar-refractivity contribution in [1.82, 2.24) is 10.2 Å². The monoisotopic (exact) mass is 316 g/mol. The fourth-order valence-electron chi connectivity index (χ4n) is 3.77. The van der Waals surface area contributed by atoms with Crippen molar-refractivity contribution < 1.29 is 13.2 Å². The summed E-state index contributed by atoms with van der Waals surface area (Å²) >= 11 is 0. The minimum atomic E-state index is -3.06. The van der Waals surface area contributed by atoms with Gasteiger partial charge in [-0.15, -0.1) is 0 Å². The number of urea groups is 1. The molecular weight excluding hydrogens is 288 g/mol. The van der Waals surface area contributed by atoms with E-state index in [4.69, 9.17) is 0 Å². The SMILES string of the molecule is CCS(=O)(=O)C[C@@H](C)N(C)C(=O)NC[C@H]1C[C@H]2CC[C@H]1C2. The number of carbonyl (C=O) groups excluding carboxylic acids is 1. The number of hydrogen-bond donors (Lipinski definition) is 1. The van der Waals surface area contributed by atoms with E-state index in [2.05, 4.69) is 5.32 Å². The van der Waals surface area contributed by atoms with Crippen molar-refractivity contribution in [2.45, 2.75) is 45.6 Å². The van der Waals surface area contributed by atoms with E-state index in [-0.39, 0.29) is 23.6 Å². The van der Waals surface area contributed by atoms with Gasteiger partial charge in [0.1, 0.15) is 0 Å². The van der Waals surface area contributed by atoms with Crippen LogP contribution in [0.25, 0.3) is 0 Å². The molecule has 21 heavy (non-hydrogen) atoms. The number of nitrogens with zero attached hydrogens (tertiary/aromatic N) is 1. The Balaban J connectivity index is 1.77. The Kier molecular flexibility index (Phi) is 5.17. The molecule has 5 nitrogen and oxygen atoms in total. The first-order valence-electron chi connectivity index (χ1n) is 8.03. The highest BCUT2D eigenvalue weighted by molar-refractivity contribution is 7.91. The van der Waals surface area contributed by atoms with Crippen LogP contribution < -0.4 is 5.32 Å². The molecule has 0 aromatic rings. The first-order chi connectivity index (χ1) is 9.82. The predicted molar refractivity (Wildman–Crippen MR) is 83.9 cm³/mol. The highest BCUT2D eigenvalue weighted by atomic mass is 32.2. The van der Waals surface area contributed by atoms with Gasteiger partial charge >= 0.3 is 6.03 Å². The third-order valence-electron chi connectivity index (χ3n) is 5.32. The average molecular weight is 316 g/mol. The lowest BCUT2D eigenvalue weighted by Gasteiger charge is -2.27. The van der Waals surface area contributed by atoms with Crippen molar-refractivity contribution >= 4 is 15.9 Å². The molecule has 0 aromatic heterocycles. The molecule has 2 rings (SSSR count). The molecule has 1 N–H and O–H groups in total. The summed E-state index contributed by atoms with van der Waals surface area (Å²) in [6.45, 7) is 4.15. The maximum absolute atomic E-state index is 12.1. The van der Waals surface area contributed by atoms with Crippen molar-refractivity contribution in [3.8, 4) is 0 Å². The second-order valence-corrected chi connectivity index (χ2v) is 9.18. The smallest absolute Gasteiger partial charge is 0.317 e. The Bertz CT molecular complexity index is 477. The van der Waals surface area contributed by atoms with E-state index in [0.717, 1.165) is 18.4 Å². The Morgan fingerprint density at radius 2 is 2.05 bits per heavy atom. The molecule has 0 aliphatic heterocycles. The van der Waals surface area contributed by atoms with E-state index < -0.39 is 9.84 Å². The van der Waals surface area contributed by atoms with Crippen LogP contribution in [0, 0.1) is 17.8 Å². The van der Waals surface area contributed by atoms with Gasteiger partial charge in [0, 0.05) is 25.4 Å². The Labute approximate surface area is 128 Å². The van der Waals surface area contributed by atoms with Crippen LogP contribution in [-0.2, 0) is 9.84 Å². The molecule has 0 heterocycles. The molecule has 6 heteroatoms. The molecule has 2 aliphatic rings. The average Bonchev–Trinajstić information content (AvgIpc) is 3.05. The van der Waals surface area contributed by atoms with E-state index in [1.54, 1.807) is 20.9 Å². The number of amides is 2. The molecule has 0 unspecified atom stereocenters. The topological polar surface area (TPSA) is 66.5 Å². The van der Waals surface area contributed by atoms with Gasteiger partial charge in [-0.3, -0.25) is 0 Å². The van der Waals surface area contributed by atoms with Crippen molar-refractivity contribution in [2.24, 2.45) is 17.8 Å². The van der Waals surface area contributed by atoms with Crippen molar-refractivity contribution in [3.63, 3.8) is 0 Å². The lowest BCUT2D eigenvalue weighted by Crippen LogP contribution is -2.46. The van der Waals surface area contributed by atoms with Crippen LogP contribution in [-0.4, -0.2) is 50.5 Å². The molecular formula is C15H28N2O3S. The van der Waals surface area contributed by atoms with E-state index in [1.165, 1.54) is 30.6 Å². The van der Waals surface area contributed by atoms with Gasteiger partial charge in [0.15, 0.2) is 9.84 Å². The molecule has 2 aliphatic carbocycles. The second-order valence-electron chi connectivity index (χ2n) is 6.78. The summed E-state index contributed by atoms with van der Waals surface area (Å²) in [5.74, 6) is 2.44. The molecule has 0 aromatic carbocycles. The molecule has 2 bridgehead atoms. The van der Waals surface area contributed by atoms with Crippen LogP contribution in [0.2, 0.25) is 0 Å². The molecule has 2 fully saturated rings. The minimum Gasteiger partial charge on any atom is -0.338 e. The van der Waals surface area contributed by atoms with Gasteiger partial charge in [0.25, 0.3) is 0 Å². The lowest BCUT2D eigenvalue weighted by atomic mass is 9.89. The summed E-state index contributed by atoms with van der Waals surface area (Å²) in [5.41, 5.74) is 0. The summed E-state index contributed by atoms with van der Waals surface area (Å²) in [6.07, 6.45) is 5.25. The van der Waals surface area contributed by atoms with Crippen LogP contribution in [0.15, 0.2) is 0 Å². The van der Waals surface area contributed by atoms with Gasteiger partial charge in [-0.25, -0.2) is 13.2 Å². The lowest BCUT2D eigenvalue weighted by molar-refractivity contribution is 0.193. The number of rotatable bonds is 6. The van der Waals surface area contributed by atoms with Gasteiger partial charge in [-0.1, -0.05) is 13.3 Å². The summed E-state index contributed by atoms with van der Waals surface area (Å²) in [6, 6.07) is -0.452. The summed E-state index contributed by atoms with van der Waals surface area (Å²) in [5, 5.41) is 2.99. The zero-order valence-electron chi connectivity index (χ0n) is 13.3. The van der Waals surface area contributed by atoms with Crippen LogP contribution >= 0.6 is 0 Å². The van der Waals surface area contributed by atoms with E-state index in [0.29, 0.717) is 5.92 Å². The van der Waals surface area contributed by atoms with Crippen molar-refractivity contribution in [2.75, 3.05) is 25.1 Å². The van der Waals surface area contributed by atoms with Gasteiger partial charge in [0.2, 0.25) is 0 Å². The van der Waals surface area contributed by atoms with Gasteiger partial charge in [0.05, 0.1) is 5.75 Å². The standard InChI is InChI=1S/C15H28N2O3S/c1-4-21(19,20)10-11(2)17(3)15(18)16-9-14-8-12-5-6-13(14)7-12/h11-14H,4-10H2,1-3H3,(H,16,18)/t11-,12+,13+,14-/m1/s1. The number of nitrogens with one attached hydrogen (secondary N) is 1. The molecule has 122 valence electrons. The summed E-state index contributed by atoms with van der Waals surface area (Å²) < 4.78 is 23.3. The van der Waals surface area contributed by atoms with Gasteiger partial charge in [-0.2, -0.15) is 0 Å². The third kappa shape index (κ3) is 4.11. The number of hydrogen-bond acceptors (Lipinski definition) is 3. The predicted octanol–water partition coefficient (Wildman–Crippen LogP) is 1.89. The molecule has 2 amide bonds. The largest absolute Gasteiger partial charge is 0.338 e. The Morgan fingerprint density at radius 3 is 2.57 bits per heavy atom. The van der Waals surface area contributed by atoms with Crippen molar-refractivity contribution in [3.05, 3.63) is 0 Å². The molecule has 0 radical (unpaired) electrons. The van der Waals surface area contributed by atoms with E-state index >= 15 is 0 Å². The zero-order valence-corrected chi connectivity index (χ0v) is 14.2. The van der Waals surface area contributed by atoms with Crippen LogP contribution in [0.1, 0.15) is 39.5 Å².